The molecule has 5 nitrogen and oxygen atoms in total. The average Bonchev–Trinajstić information content (AvgIpc) is 2.75. The topological polar surface area (TPSA) is 61.4 Å². The molecule has 2 N–H and O–H groups in total. The molecule has 0 fully saturated rings. The van der Waals surface area contributed by atoms with Crippen molar-refractivity contribution in [1.29, 1.82) is 0 Å². The number of likely N-dealkylation sites (N-methyl/N-ethyl adjacent to an activating group) is 1. The number of nitrogens with zero attached hydrogens (tertiary/aromatic N) is 1. The first-order chi connectivity index (χ1) is 14.8. The number of amides is 2. The van der Waals surface area contributed by atoms with Gasteiger partial charge in [-0.15, -0.1) is 0 Å². The number of rotatable bonds is 7. The van der Waals surface area contributed by atoms with E-state index in [1.807, 2.05) is 43.3 Å². The maximum absolute atomic E-state index is 13.0. The Bertz CT molecular complexity index is 1070. The number of nitrogens with one attached hydrogen (secondary N) is 2. The Morgan fingerprint density at radius 1 is 0.935 bits per heavy atom. The third-order valence-electron chi connectivity index (χ3n) is 4.83. The minimum atomic E-state index is -0.414. The van der Waals surface area contributed by atoms with Crippen LogP contribution in [-0.2, 0) is 0 Å². The fourth-order valence-corrected chi connectivity index (χ4v) is 3.41. The summed E-state index contributed by atoms with van der Waals surface area (Å²) in [5, 5.41) is 6.29. The molecule has 0 saturated carbocycles. The lowest BCUT2D eigenvalue weighted by Gasteiger charge is -2.26. The van der Waals surface area contributed by atoms with Crippen molar-refractivity contribution in [2.45, 2.75) is 6.04 Å². The van der Waals surface area contributed by atoms with E-state index < -0.39 is 5.82 Å². The van der Waals surface area contributed by atoms with Crippen molar-refractivity contribution < 1.29 is 14.0 Å². The van der Waals surface area contributed by atoms with Crippen LogP contribution in [0.25, 0.3) is 0 Å². The standard InChI is InChI=1S/C24H23ClFN3O2/c1-29(2)22(20-8-3-4-9-21(20)25)15-27-23(30)17-6-5-7-19(14-17)28-24(31)16-10-12-18(26)13-11-16/h3-14,22H,15H2,1-2H3,(H,27,30)(H,28,31). The van der Waals surface area contributed by atoms with Gasteiger partial charge in [-0.2, -0.15) is 0 Å². The minimum absolute atomic E-state index is 0.0981. The predicted molar refractivity (Wildman–Crippen MR) is 121 cm³/mol. The van der Waals surface area contributed by atoms with Crippen LogP contribution in [0.4, 0.5) is 10.1 Å². The minimum Gasteiger partial charge on any atom is -0.350 e. The Hall–Kier alpha value is -3.22. The van der Waals surface area contributed by atoms with Crippen LogP contribution in [0.5, 0.6) is 0 Å². The van der Waals surface area contributed by atoms with Crippen LogP contribution in [0.2, 0.25) is 5.02 Å². The molecule has 0 heterocycles. The summed E-state index contributed by atoms with van der Waals surface area (Å²) in [6.07, 6.45) is 0. The van der Waals surface area contributed by atoms with E-state index in [-0.39, 0.29) is 17.9 Å². The molecule has 3 aromatic rings. The first kappa shape index (κ1) is 22.5. The molecule has 0 aliphatic rings. The van der Waals surface area contributed by atoms with Crippen LogP contribution in [0.15, 0.2) is 72.8 Å². The third-order valence-corrected chi connectivity index (χ3v) is 5.18. The predicted octanol–water partition coefficient (Wildman–Crippen LogP) is 4.76. The monoisotopic (exact) mass is 439 g/mol. The molecule has 0 saturated heterocycles. The van der Waals surface area contributed by atoms with Gasteiger partial charge in [0.05, 0.1) is 6.04 Å². The summed E-state index contributed by atoms with van der Waals surface area (Å²) in [6.45, 7) is 0.363. The second-order valence-electron chi connectivity index (χ2n) is 7.25. The quantitative estimate of drug-likeness (QED) is 0.557. The Balaban J connectivity index is 1.67. The summed E-state index contributed by atoms with van der Waals surface area (Å²) >= 11 is 6.32. The Morgan fingerprint density at radius 2 is 1.65 bits per heavy atom. The van der Waals surface area contributed by atoms with E-state index in [1.165, 1.54) is 24.3 Å². The van der Waals surface area contributed by atoms with Gasteiger partial charge in [-0.05, 0) is 68.2 Å². The van der Waals surface area contributed by atoms with Crippen molar-refractivity contribution >= 4 is 29.1 Å². The van der Waals surface area contributed by atoms with Gasteiger partial charge in [0, 0.05) is 28.4 Å². The lowest BCUT2D eigenvalue weighted by atomic mass is 10.1. The van der Waals surface area contributed by atoms with E-state index in [2.05, 4.69) is 10.6 Å². The molecule has 0 aliphatic heterocycles. The Labute approximate surface area is 185 Å². The van der Waals surface area contributed by atoms with Crippen molar-refractivity contribution in [3.8, 4) is 0 Å². The van der Waals surface area contributed by atoms with Gasteiger partial charge < -0.3 is 15.5 Å². The zero-order valence-electron chi connectivity index (χ0n) is 17.2. The third kappa shape index (κ3) is 5.90. The summed E-state index contributed by atoms with van der Waals surface area (Å²) in [6, 6.07) is 19.3. The zero-order chi connectivity index (χ0) is 22.4. The molecule has 0 radical (unpaired) electrons. The van der Waals surface area contributed by atoms with Gasteiger partial charge in [0.25, 0.3) is 11.8 Å². The van der Waals surface area contributed by atoms with Gasteiger partial charge in [0.2, 0.25) is 0 Å². The molecule has 7 heteroatoms. The number of anilines is 1. The molecule has 160 valence electrons. The average molecular weight is 440 g/mol. The van der Waals surface area contributed by atoms with Crippen LogP contribution in [-0.4, -0.2) is 37.4 Å². The lowest BCUT2D eigenvalue weighted by Crippen LogP contribution is -2.34. The van der Waals surface area contributed by atoms with E-state index in [0.29, 0.717) is 28.4 Å². The molecule has 3 aromatic carbocycles. The second-order valence-corrected chi connectivity index (χ2v) is 7.66. The fourth-order valence-electron chi connectivity index (χ4n) is 3.15. The first-order valence-electron chi connectivity index (χ1n) is 9.71. The summed E-state index contributed by atoms with van der Waals surface area (Å²) in [5.41, 5.74) is 2.13. The number of benzene rings is 3. The molecule has 1 unspecified atom stereocenters. The van der Waals surface area contributed by atoms with Gasteiger partial charge in [-0.1, -0.05) is 35.9 Å². The first-order valence-corrected chi connectivity index (χ1v) is 10.1. The van der Waals surface area contributed by atoms with Gasteiger partial charge in [0.15, 0.2) is 0 Å². The van der Waals surface area contributed by atoms with Crippen LogP contribution in [0, 0.1) is 5.82 Å². The van der Waals surface area contributed by atoms with E-state index in [9.17, 15) is 14.0 Å². The Morgan fingerprint density at radius 3 is 2.32 bits per heavy atom. The van der Waals surface area contributed by atoms with Crippen molar-refractivity contribution in [2.75, 3.05) is 26.0 Å². The molecule has 0 aromatic heterocycles. The van der Waals surface area contributed by atoms with Crippen LogP contribution < -0.4 is 10.6 Å². The number of hydrogen-bond acceptors (Lipinski definition) is 3. The van der Waals surface area contributed by atoms with Crippen molar-refractivity contribution in [1.82, 2.24) is 10.2 Å². The summed E-state index contributed by atoms with van der Waals surface area (Å²) in [5.74, 6) is -1.07. The van der Waals surface area contributed by atoms with E-state index in [0.717, 1.165) is 5.56 Å². The van der Waals surface area contributed by atoms with Crippen LogP contribution in [0.3, 0.4) is 0 Å². The molecule has 0 spiro atoms. The normalized spacial score (nSPS) is 11.8. The molecule has 0 aliphatic carbocycles. The lowest BCUT2D eigenvalue weighted by molar-refractivity contribution is 0.0940. The number of hydrogen-bond donors (Lipinski definition) is 2. The maximum atomic E-state index is 13.0. The summed E-state index contributed by atoms with van der Waals surface area (Å²) < 4.78 is 13.0. The molecular weight excluding hydrogens is 417 g/mol. The fraction of sp³-hybridized carbons (Fsp3) is 0.167. The van der Waals surface area contributed by atoms with E-state index in [1.54, 1.807) is 24.3 Å². The molecule has 0 bridgehead atoms. The molecule has 1 atom stereocenters. The van der Waals surface area contributed by atoms with Gasteiger partial charge in [0.1, 0.15) is 5.82 Å². The van der Waals surface area contributed by atoms with Crippen LogP contribution in [0.1, 0.15) is 32.3 Å². The van der Waals surface area contributed by atoms with Crippen LogP contribution >= 0.6 is 11.6 Å². The number of carbonyl (C=O) groups excluding carboxylic acids is 2. The highest BCUT2D eigenvalue weighted by molar-refractivity contribution is 6.31. The smallest absolute Gasteiger partial charge is 0.255 e. The molecule has 3 rings (SSSR count). The molecular formula is C24H23ClFN3O2. The molecule has 31 heavy (non-hydrogen) atoms. The largest absolute Gasteiger partial charge is 0.350 e. The molecule has 2 amide bonds. The van der Waals surface area contributed by atoms with Crippen molar-refractivity contribution in [3.05, 3.63) is 100 Å². The van der Waals surface area contributed by atoms with Crippen molar-refractivity contribution in [2.24, 2.45) is 0 Å². The van der Waals surface area contributed by atoms with Crippen molar-refractivity contribution in [3.63, 3.8) is 0 Å². The SMILES string of the molecule is CN(C)C(CNC(=O)c1cccc(NC(=O)c2ccc(F)cc2)c1)c1ccccc1Cl. The Kier molecular flexibility index (Phi) is 7.39. The summed E-state index contributed by atoms with van der Waals surface area (Å²) in [4.78, 5) is 27.0. The number of halogens is 2. The van der Waals surface area contributed by atoms with Gasteiger partial charge in [-0.3, -0.25) is 9.59 Å². The second kappa shape index (κ2) is 10.2. The van der Waals surface area contributed by atoms with E-state index in [4.69, 9.17) is 11.6 Å². The number of carbonyl (C=O) groups is 2. The van der Waals surface area contributed by atoms with E-state index >= 15 is 0 Å². The maximum Gasteiger partial charge on any atom is 0.255 e. The van der Waals surface area contributed by atoms with Gasteiger partial charge in [-0.25, -0.2) is 4.39 Å². The highest BCUT2D eigenvalue weighted by Gasteiger charge is 2.18. The zero-order valence-corrected chi connectivity index (χ0v) is 18.0. The highest BCUT2D eigenvalue weighted by atomic mass is 35.5. The highest BCUT2D eigenvalue weighted by Crippen LogP contribution is 2.25. The summed E-state index contributed by atoms with van der Waals surface area (Å²) in [7, 11) is 3.84. The van der Waals surface area contributed by atoms with Gasteiger partial charge >= 0.3 is 0 Å².